The SMILES string of the molecule is CN=c1cc(N2CCCC2)nc(N)n1O. The van der Waals surface area contributed by atoms with Gasteiger partial charge in [-0.25, -0.2) is 0 Å². The highest BCUT2D eigenvalue weighted by molar-refractivity contribution is 5.41. The number of hydrogen-bond acceptors (Lipinski definition) is 5. The van der Waals surface area contributed by atoms with Crippen molar-refractivity contribution in [2.45, 2.75) is 12.8 Å². The summed E-state index contributed by atoms with van der Waals surface area (Å²) in [7, 11) is 1.61. The molecule has 1 aliphatic rings. The largest absolute Gasteiger partial charge is 0.423 e. The zero-order chi connectivity index (χ0) is 10.8. The van der Waals surface area contributed by atoms with Gasteiger partial charge < -0.3 is 15.8 Å². The molecular formula is C9H15N5O. The topological polar surface area (TPSA) is 79.7 Å². The van der Waals surface area contributed by atoms with E-state index < -0.39 is 0 Å². The van der Waals surface area contributed by atoms with Crippen molar-refractivity contribution in [2.24, 2.45) is 4.99 Å². The van der Waals surface area contributed by atoms with Crippen LogP contribution in [0.15, 0.2) is 11.1 Å². The molecule has 15 heavy (non-hydrogen) atoms. The summed E-state index contributed by atoms with van der Waals surface area (Å²) in [5, 5.41) is 9.48. The summed E-state index contributed by atoms with van der Waals surface area (Å²) in [6.45, 7) is 1.98. The van der Waals surface area contributed by atoms with Gasteiger partial charge in [0, 0.05) is 26.2 Å². The van der Waals surface area contributed by atoms with E-state index in [4.69, 9.17) is 5.73 Å². The first-order valence-electron chi connectivity index (χ1n) is 4.99. The van der Waals surface area contributed by atoms with Crippen LogP contribution in [0.25, 0.3) is 0 Å². The predicted molar refractivity (Wildman–Crippen MR) is 56.8 cm³/mol. The summed E-state index contributed by atoms with van der Waals surface area (Å²) in [5.74, 6) is 0.857. The van der Waals surface area contributed by atoms with Gasteiger partial charge in [0.2, 0.25) is 5.95 Å². The summed E-state index contributed by atoms with van der Waals surface area (Å²) in [6.07, 6.45) is 2.35. The molecule has 0 unspecified atom stereocenters. The number of rotatable bonds is 1. The fourth-order valence-electron chi connectivity index (χ4n) is 1.76. The van der Waals surface area contributed by atoms with Gasteiger partial charge >= 0.3 is 0 Å². The minimum Gasteiger partial charge on any atom is -0.423 e. The third kappa shape index (κ3) is 1.74. The van der Waals surface area contributed by atoms with E-state index in [0.29, 0.717) is 5.49 Å². The lowest BCUT2D eigenvalue weighted by Crippen LogP contribution is -2.27. The van der Waals surface area contributed by atoms with Crippen molar-refractivity contribution >= 4 is 11.8 Å². The molecule has 0 bridgehead atoms. The monoisotopic (exact) mass is 209 g/mol. The van der Waals surface area contributed by atoms with E-state index in [1.807, 2.05) is 0 Å². The Bertz CT molecular complexity index is 419. The number of nitrogen functional groups attached to an aromatic ring is 1. The van der Waals surface area contributed by atoms with Gasteiger partial charge in [-0.2, -0.15) is 4.98 Å². The molecule has 2 rings (SSSR count). The molecule has 0 aromatic carbocycles. The van der Waals surface area contributed by atoms with Gasteiger partial charge in [-0.1, -0.05) is 0 Å². The smallest absolute Gasteiger partial charge is 0.238 e. The van der Waals surface area contributed by atoms with Crippen molar-refractivity contribution in [2.75, 3.05) is 30.8 Å². The second-order valence-electron chi connectivity index (χ2n) is 3.56. The number of nitrogens with two attached hydrogens (primary N) is 1. The average Bonchev–Trinajstić information content (AvgIpc) is 2.75. The molecule has 1 aliphatic heterocycles. The average molecular weight is 209 g/mol. The van der Waals surface area contributed by atoms with Crippen LogP contribution >= 0.6 is 0 Å². The highest BCUT2D eigenvalue weighted by atomic mass is 16.5. The standard InChI is InChI=1S/C9H15N5O/c1-11-7-6-8(12-9(10)14(7)15)13-4-2-3-5-13/h6,15H,2-5H2,1H3,(H2,10,12). The molecule has 6 nitrogen and oxygen atoms in total. The molecule has 82 valence electrons. The van der Waals surface area contributed by atoms with Crippen molar-refractivity contribution in [1.82, 2.24) is 9.71 Å². The van der Waals surface area contributed by atoms with Crippen molar-refractivity contribution in [3.8, 4) is 0 Å². The van der Waals surface area contributed by atoms with Gasteiger partial charge in [-0.05, 0) is 12.8 Å². The Kier molecular flexibility index (Phi) is 2.49. The second kappa shape index (κ2) is 3.80. The molecule has 1 saturated heterocycles. The number of hydrogen-bond donors (Lipinski definition) is 2. The minimum atomic E-state index is 0.0694. The Labute approximate surface area is 87.6 Å². The van der Waals surface area contributed by atoms with Crippen molar-refractivity contribution in [1.29, 1.82) is 0 Å². The molecule has 0 amide bonds. The normalized spacial score (nSPS) is 17.4. The first-order chi connectivity index (χ1) is 7.22. The Balaban J connectivity index is 2.45. The summed E-state index contributed by atoms with van der Waals surface area (Å²) in [5.41, 5.74) is 6.00. The van der Waals surface area contributed by atoms with Gasteiger partial charge in [0.25, 0.3) is 0 Å². The third-order valence-electron chi connectivity index (χ3n) is 2.58. The molecule has 3 N–H and O–H groups in total. The van der Waals surface area contributed by atoms with E-state index in [-0.39, 0.29) is 5.95 Å². The maximum atomic E-state index is 9.48. The third-order valence-corrected chi connectivity index (χ3v) is 2.58. The molecule has 2 heterocycles. The fourth-order valence-corrected chi connectivity index (χ4v) is 1.76. The lowest BCUT2D eigenvalue weighted by molar-refractivity contribution is 0.175. The second-order valence-corrected chi connectivity index (χ2v) is 3.56. The molecule has 0 aliphatic carbocycles. The molecule has 0 spiro atoms. The van der Waals surface area contributed by atoms with E-state index in [1.165, 1.54) is 12.8 Å². The molecular weight excluding hydrogens is 194 g/mol. The highest BCUT2D eigenvalue weighted by Crippen LogP contribution is 2.16. The number of anilines is 2. The van der Waals surface area contributed by atoms with Gasteiger partial charge in [-0.3, -0.25) is 4.99 Å². The molecule has 1 aromatic heterocycles. The highest BCUT2D eigenvalue weighted by Gasteiger charge is 2.15. The first kappa shape index (κ1) is 9.82. The van der Waals surface area contributed by atoms with Crippen LogP contribution in [0.5, 0.6) is 0 Å². The van der Waals surface area contributed by atoms with E-state index in [0.717, 1.165) is 23.6 Å². The van der Waals surface area contributed by atoms with Crippen LogP contribution in [-0.4, -0.2) is 35.1 Å². The lowest BCUT2D eigenvalue weighted by Gasteiger charge is -2.17. The maximum Gasteiger partial charge on any atom is 0.238 e. The Morgan fingerprint density at radius 2 is 2.13 bits per heavy atom. The van der Waals surface area contributed by atoms with Crippen LogP contribution in [-0.2, 0) is 0 Å². The molecule has 0 saturated carbocycles. The van der Waals surface area contributed by atoms with E-state index in [1.54, 1.807) is 13.1 Å². The fraction of sp³-hybridized carbons (Fsp3) is 0.556. The van der Waals surface area contributed by atoms with Crippen molar-refractivity contribution < 1.29 is 5.21 Å². The van der Waals surface area contributed by atoms with Crippen molar-refractivity contribution in [3.05, 3.63) is 11.6 Å². The zero-order valence-electron chi connectivity index (χ0n) is 8.72. The summed E-state index contributed by atoms with van der Waals surface area (Å²) in [6, 6.07) is 1.74. The van der Waals surface area contributed by atoms with Gasteiger partial charge in [0.1, 0.15) is 5.82 Å². The van der Waals surface area contributed by atoms with Crippen LogP contribution in [0.4, 0.5) is 11.8 Å². The Hall–Kier alpha value is -1.72. The number of nitrogens with zero attached hydrogens (tertiary/aromatic N) is 4. The van der Waals surface area contributed by atoms with Crippen LogP contribution in [0.3, 0.4) is 0 Å². The number of aromatic nitrogens is 2. The summed E-state index contributed by atoms with van der Waals surface area (Å²) < 4.78 is 0.791. The predicted octanol–water partition coefficient (Wildman–Crippen LogP) is -0.167. The molecule has 1 fully saturated rings. The minimum absolute atomic E-state index is 0.0694. The zero-order valence-corrected chi connectivity index (χ0v) is 8.72. The quantitative estimate of drug-likeness (QED) is 0.629. The Morgan fingerprint density at radius 3 is 2.73 bits per heavy atom. The maximum absolute atomic E-state index is 9.48. The van der Waals surface area contributed by atoms with E-state index in [9.17, 15) is 5.21 Å². The van der Waals surface area contributed by atoms with Crippen LogP contribution in [0.1, 0.15) is 12.8 Å². The van der Waals surface area contributed by atoms with Crippen LogP contribution in [0, 0.1) is 0 Å². The van der Waals surface area contributed by atoms with Gasteiger partial charge in [-0.15, -0.1) is 4.73 Å². The summed E-state index contributed by atoms with van der Waals surface area (Å²) >= 11 is 0. The van der Waals surface area contributed by atoms with Crippen LogP contribution < -0.4 is 16.1 Å². The molecule has 1 aromatic rings. The van der Waals surface area contributed by atoms with Crippen LogP contribution in [0.2, 0.25) is 0 Å². The molecule has 6 heteroatoms. The van der Waals surface area contributed by atoms with Gasteiger partial charge in [0.05, 0.1) is 0 Å². The van der Waals surface area contributed by atoms with E-state index in [2.05, 4.69) is 14.9 Å². The lowest BCUT2D eigenvalue weighted by atomic mass is 10.4. The molecule has 0 radical (unpaired) electrons. The first-order valence-corrected chi connectivity index (χ1v) is 4.99. The van der Waals surface area contributed by atoms with Gasteiger partial charge in [0.15, 0.2) is 5.49 Å². The Morgan fingerprint density at radius 1 is 1.47 bits per heavy atom. The molecule has 0 atom stereocenters. The van der Waals surface area contributed by atoms with E-state index >= 15 is 0 Å². The van der Waals surface area contributed by atoms with Crippen molar-refractivity contribution in [3.63, 3.8) is 0 Å². The summed E-state index contributed by atoms with van der Waals surface area (Å²) in [4.78, 5) is 10.2.